The fourth-order valence-corrected chi connectivity index (χ4v) is 2.22. The van der Waals surface area contributed by atoms with Crippen LogP contribution in [0.15, 0.2) is 0 Å². The van der Waals surface area contributed by atoms with Crippen molar-refractivity contribution >= 4 is 11.8 Å². The second-order valence-electron chi connectivity index (χ2n) is 5.35. The summed E-state index contributed by atoms with van der Waals surface area (Å²) in [5.74, 6) is -0.0307. The number of aliphatic hydroxyl groups is 1. The van der Waals surface area contributed by atoms with Crippen LogP contribution in [0.25, 0.3) is 0 Å². The van der Waals surface area contributed by atoms with Crippen molar-refractivity contribution in [2.45, 2.75) is 26.7 Å². The number of hydrogen-bond donors (Lipinski definition) is 1. The Morgan fingerprint density at radius 2 is 1.87 bits per heavy atom. The van der Waals surface area contributed by atoms with Crippen molar-refractivity contribution < 1.29 is 14.7 Å². The number of piperidine rings is 1. The highest BCUT2D eigenvalue weighted by atomic mass is 16.3. The molecule has 4 nitrogen and oxygen atoms in total. The van der Waals surface area contributed by atoms with Gasteiger partial charge in [0.05, 0.1) is 11.8 Å². The van der Waals surface area contributed by atoms with Gasteiger partial charge in [-0.2, -0.15) is 0 Å². The van der Waals surface area contributed by atoms with Crippen molar-refractivity contribution in [3.63, 3.8) is 0 Å². The Bertz CT molecular complexity index is 291. The molecule has 1 saturated heterocycles. The van der Waals surface area contributed by atoms with Crippen LogP contribution in [0.1, 0.15) is 26.7 Å². The third-order valence-corrected chi connectivity index (χ3v) is 3.33. The second kappa shape index (κ2) is 3.30. The largest absolute Gasteiger partial charge is 0.396 e. The Labute approximate surface area is 89.3 Å². The Hall–Kier alpha value is -0.900. The van der Waals surface area contributed by atoms with Crippen LogP contribution in [0.3, 0.4) is 0 Å². The number of amides is 2. The summed E-state index contributed by atoms with van der Waals surface area (Å²) in [6, 6.07) is 0. The van der Waals surface area contributed by atoms with Crippen LogP contribution in [0.2, 0.25) is 0 Å². The summed E-state index contributed by atoms with van der Waals surface area (Å²) in [6.07, 6.45) is 1.37. The molecule has 1 heterocycles. The van der Waals surface area contributed by atoms with Crippen molar-refractivity contribution in [2.24, 2.45) is 17.3 Å². The summed E-state index contributed by atoms with van der Waals surface area (Å²) in [7, 11) is 0. The number of carbonyl (C=O) groups excluding carboxylic acids is 2. The molecular weight excluding hydrogens is 194 g/mol. The zero-order valence-electron chi connectivity index (χ0n) is 9.19. The predicted octanol–water partition coefficient (Wildman–Crippen LogP) is 0.400. The van der Waals surface area contributed by atoms with E-state index in [4.69, 9.17) is 5.11 Å². The van der Waals surface area contributed by atoms with Gasteiger partial charge in [0.1, 0.15) is 0 Å². The SMILES string of the molecule is CC(C)(CCO)CN1C(=O)C2CC2C1=O. The summed E-state index contributed by atoms with van der Waals surface area (Å²) < 4.78 is 0. The lowest BCUT2D eigenvalue weighted by Crippen LogP contribution is -2.40. The third kappa shape index (κ3) is 1.78. The van der Waals surface area contributed by atoms with Crippen LogP contribution >= 0.6 is 0 Å². The van der Waals surface area contributed by atoms with Gasteiger partial charge < -0.3 is 5.11 Å². The first-order chi connectivity index (χ1) is 6.96. The number of nitrogens with zero attached hydrogens (tertiary/aromatic N) is 1. The Kier molecular flexibility index (Phi) is 2.34. The molecule has 0 aromatic rings. The second-order valence-corrected chi connectivity index (χ2v) is 5.35. The molecular formula is C11H17NO3. The number of carbonyl (C=O) groups is 2. The molecule has 1 aliphatic heterocycles. The van der Waals surface area contributed by atoms with Gasteiger partial charge in [-0.05, 0) is 18.3 Å². The molecule has 0 aromatic heterocycles. The van der Waals surface area contributed by atoms with E-state index in [1.165, 1.54) is 4.90 Å². The molecule has 2 rings (SSSR count). The van der Waals surface area contributed by atoms with Crippen molar-refractivity contribution in [2.75, 3.05) is 13.2 Å². The molecule has 15 heavy (non-hydrogen) atoms. The van der Waals surface area contributed by atoms with E-state index in [1.54, 1.807) is 0 Å². The molecule has 84 valence electrons. The number of imide groups is 1. The van der Waals surface area contributed by atoms with Crippen molar-refractivity contribution in [1.29, 1.82) is 0 Å². The van der Waals surface area contributed by atoms with Crippen LogP contribution in [0, 0.1) is 17.3 Å². The Morgan fingerprint density at radius 1 is 1.33 bits per heavy atom. The number of fused-ring (bicyclic) bond motifs is 1. The maximum atomic E-state index is 11.7. The van der Waals surface area contributed by atoms with E-state index >= 15 is 0 Å². The highest BCUT2D eigenvalue weighted by Crippen LogP contribution is 2.47. The van der Waals surface area contributed by atoms with Gasteiger partial charge in [0, 0.05) is 13.2 Å². The first-order valence-electron chi connectivity index (χ1n) is 5.42. The third-order valence-electron chi connectivity index (χ3n) is 3.33. The van der Waals surface area contributed by atoms with Gasteiger partial charge in [0.2, 0.25) is 11.8 Å². The number of likely N-dealkylation sites (tertiary alicyclic amines) is 1. The van der Waals surface area contributed by atoms with E-state index in [0.29, 0.717) is 13.0 Å². The number of aliphatic hydroxyl groups excluding tert-OH is 1. The van der Waals surface area contributed by atoms with Crippen LogP contribution in [-0.2, 0) is 9.59 Å². The average molecular weight is 211 g/mol. The minimum absolute atomic E-state index is 0.00369. The molecule has 0 bridgehead atoms. The smallest absolute Gasteiger partial charge is 0.233 e. The molecule has 1 N–H and O–H groups in total. The summed E-state index contributed by atoms with van der Waals surface area (Å²) in [6.45, 7) is 4.47. The van der Waals surface area contributed by atoms with Gasteiger partial charge in [0.25, 0.3) is 0 Å². The van der Waals surface area contributed by atoms with E-state index in [0.717, 1.165) is 6.42 Å². The van der Waals surface area contributed by atoms with Crippen molar-refractivity contribution in [1.82, 2.24) is 4.90 Å². The zero-order chi connectivity index (χ0) is 11.2. The van der Waals surface area contributed by atoms with Crippen molar-refractivity contribution in [3.8, 4) is 0 Å². The Morgan fingerprint density at radius 3 is 2.33 bits per heavy atom. The number of rotatable bonds is 4. The van der Waals surface area contributed by atoms with Gasteiger partial charge in [-0.3, -0.25) is 14.5 Å². The standard InChI is InChI=1S/C11H17NO3/c1-11(2,3-4-13)6-12-9(14)7-5-8(7)10(12)15/h7-8,13H,3-6H2,1-2H3. The summed E-state index contributed by atoms with van der Waals surface area (Å²) in [5.41, 5.74) is -0.184. The normalized spacial score (nSPS) is 29.7. The van der Waals surface area contributed by atoms with Crippen LogP contribution < -0.4 is 0 Å². The molecule has 0 spiro atoms. The molecule has 4 heteroatoms. The van der Waals surface area contributed by atoms with Gasteiger partial charge >= 0.3 is 0 Å². The minimum Gasteiger partial charge on any atom is -0.396 e. The van der Waals surface area contributed by atoms with Gasteiger partial charge in [-0.25, -0.2) is 0 Å². The summed E-state index contributed by atoms with van der Waals surface area (Å²) >= 11 is 0. The van der Waals surface area contributed by atoms with Gasteiger partial charge in [-0.1, -0.05) is 13.8 Å². The monoisotopic (exact) mass is 211 g/mol. The first kappa shape index (κ1) is 10.6. The lowest BCUT2D eigenvalue weighted by atomic mass is 9.89. The molecule has 0 radical (unpaired) electrons. The topological polar surface area (TPSA) is 57.6 Å². The van der Waals surface area contributed by atoms with Crippen LogP contribution in [0.5, 0.6) is 0 Å². The average Bonchev–Trinajstić information content (AvgIpc) is 2.86. The molecule has 2 atom stereocenters. The van der Waals surface area contributed by atoms with E-state index < -0.39 is 0 Å². The highest BCUT2D eigenvalue weighted by Gasteiger charge is 2.59. The summed E-state index contributed by atoms with van der Waals surface area (Å²) in [4.78, 5) is 24.7. The van der Waals surface area contributed by atoms with Crippen molar-refractivity contribution in [3.05, 3.63) is 0 Å². The Balaban J connectivity index is 2.00. The lowest BCUT2D eigenvalue weighted by Gasteiger charge is -2.29. The van der Waals surface area contributed by atoms with Gasteiger partial charge in [-0.15, -0.1) is 0 Å². The zero-order valence-corrected chi connectivity index (χ0v) is 9.19. The molecule has 1 aliphatic carbocycles. The predicted molar refractivity (Wildman–Crippen MR) is 53.8 cm³/mol. The molecule has 2 unspecified atom stereocenters. The molecule has 2 amide bonds. The minimum atomic E-state index is -0.184. The summed E-state index contributed by atoms with van der Waals surface area (Å²) in [5, 5.41) is 8.88. The highest BCUT2D eigenvalue weighted by molar-refractivity contribution is 6.08. The first-order valence-corrected chi connectivity index (χ1v) is 5.42. The molecule has 1 saturated carbocycles. The molecule has 0 aromatic carbocycles. The maximum Gasteiger partial charge on any atom is 0.233 e. The fraction of sp³-hybridized carbons (Fsp3) is 0.818. The van der Waals surface area contributed by atoms with E-state index in [2.05, 4.69) is 0 Å². The van der Waals surface area contributed by atoms with E-state index in [9.17, 15) is 9.59 Å². The van der Waals surface area contributed by atoms with Gasteiger partial charge in [0.15, 0.2) is 0 Å². The van der Waals surface area contributed by atoms with Crippen LogP contribution in [-0.4, -0.2) is 35.0 Å². The fourth-order valence-electron chi connectivity index (χ4n) is 2.22. The van der Waals surface area contributed by atoms with E-state index in [1.807, 2.05) is 13.8 Å². The lowest BCUT2D eigenvalue weighted by molar-refractivity contribution is -0.143. The molecule has 2 fully saturated rings. The quantitative estimate of drug-likeness (QED) is 0.685. The molecule has 2 aliphatic rings. The maximum absolute atomic E-state index is 11.7. The van der Waals surface area contributed by atoms with E-state index in [-0.39, 0.29) is 35.7 Å². The number of hydrogen-bond acceptors (Lipinski definition) is 3. The van der Waals surface area contributed by atoms with Crippen LogP contribution in [0.4, 0.5) is 0 Å².